The van der Waals surface area contributed by atoms with Gasteiger partial charge in [-0.1, -0.05) is 11.6 Å². The molecule has 0 radical (unpaired) electrons. The Bertz CT molecular complexity index is 610. The van der Waals surface area contributed by atoms with Crippen molar-refractivity contribution in [2.24, 2.45) is 0 Å². The number of benzene rings is 1. The lowest BCUT2D eigenvalue weighted by Gasteiger charge is -2.06. The number of carbonyl (C=O) groups excluding carboxylic acids is 1. The zero-order valence-corrected chi connectivity index (χ0v) is 11.3. The van der Waals surface area contributed by atoms with Crippen molar-refractivity contribution in [1.82, 2.24) is 0 Å². The quantitative estimate of drug-likeness (QED) is 0.909. The summed E-state index contributed by atoms with van der Waals surface area (Å²) in [5.74, 6) is -1.32. The summed E-state index contributed by atoms with van der Waals surface area (Å²) in [5.41, 5.74) is 1.31. The Morgan fingerprint density at radius 3 is 2.74 bits per heavy atom. The van der Waals surface area contributed by atoms with Crippen molar-refractivity contribution in [3.8, 4) is 0 Å². The molecule has 0 unspecified atom stereocenters. The first-order valence-electron chi connectivity index (χ1n) is 5.40. The molecule has 0 bridgehead atoms. The minimum absolute atomic E-state index is 0.0324. The second-order valence-corrected chi connectivity index (χ2v) is 5.04. The molecule has 2 N–H and O–H groups in total. The van der Waals surface area contributed by atoms with Crippen molar-refractivity contribution < 1.29 is 14.7 Å². The van der Waals surface area contributed by atoms with Gasteiger partial charge in [-0.2, -0.15) is 11.3 Å². The minimum atomic E-state index is -1.13. The summed E-state index contributed by atoms with van der Waals surface area (Å²) in [6, 6.07) is 6.23. The van der Waals surface area contributed by atoms with Gasteiger partial charge in [-0.15, -0.1) is 0 Å². The van der Waals surface area contributed by atoms with Crippen LogP contribution in [0.2, 0.25) is 5.02 Å². The second kappa shape index (κ2) is 5.86. The molecule has 0 fully saturated rings. The first-order valence-corrected chi connectivity index (χ1v) is 6.72. The number of hydrogen-bond donors (Lipinski definition) is 2. The Hall–Kier alpha value is -1.85. The standard InChI is InChI=1S/C13H10ClNO3S/c14-11-2-1-9(6-10(11)13(17)18)15-12(16)5-8-3-4-19-7-8/h1-4,6-7H,5H2,(H,15,16)(H,17,18). The molecule has 6 heteroatoms. The van der Waals surface area contributed by atoms with Gasteiger partial charge in [-0.3, -0.25) is 4.79 Å². The normalized spacial score (nSPS) is 10.2. The molecule has 1 amide bonds. The zero-order chi connectivity index (χ0) is 13.8. The van der Waals surface area contributed by atoms with Crippen LogP contribution in [0, 0.1) is 0 Å². The van der Waals surface area contributed by atoms with Gasteiger partial charge in [0.15, 0.2) is 0 Å². The summed E-state index contributed by atoms with van der Waals surface area (Å²) in [4.78, 5) is 22.7. The van der Waals surface area contributed by atoms with E-state index in [9.17, 15) is 9.59 Å². The van der Waals surface area contributed by atoms with Crippen LogP contribution < -0.4 is 5.32 Å². The number of hydrogen-bond acceptors (Lipinski definition) is 3. The number of halogens is 1. The number of aromatic carboxylic acids is 1. The number of nitrogens with one attached hydrogen (secondary N) is 1. The molecule has 0 aliphatic carbocycles. The van der Waals surface area contributed by atoms with E-state index >= 15 is 0 Å². The van der Waals surface area contributed by atoms with E-state index in [-0.39, 0.29) is 22.9 Å². The van der Waals surface area contributed by atoms with Crippen molar-refractivity contribution in [3.05, 3.63) is 51.2 Å². The number of anilines is 1. The van der Waals surface area contributed by atoms with E-state index < -0.39 is 5.97 Å². The predicted octanol–water partition coefficient (Wildman–Crippen LogP) is 3.28. The third-order valence-electron chi connectivity index (χ3n) is 2.43. The molecule has 4 nitrogen and oxygen atoms in total. The molecule has 19 heavy (non-hydrogen) atoms. The van der Waals surface area contributed by atoms with Gasteiger partial charge in [0.05, 0.1) is 17.0 Å². The smallest absolute Gasteiger partial charge is 0.337 e. The third kappa shape index (κ3) is 3.56. The molecule has 2 rings (SSSR count). The molecule has 98 valence electrons. The lowest BCUT2D eigenvalue weighted by molar-refractivity contribution is -0.115. The van der Waals surface area contributed by atoms with Crippen LogP contribution in [0.1, 0.15) is 15.9 Å². The predicted molar refractivity (Wildman–Crippen MR) is 75.1 cm³/mol. The molecule has 0 aliphatic rings. The third-order valence-corrected chi connectivity index (χ3v) is 3.49. The molecular formula is C13H10ClNO3S. The molecular weight excluding hydrogens is 286 g/mol. The zero-order valence-electron chi connectivity index (χ0n) is 9.72. The van der Waals surface area contributed by atoms with Crippen molar-refractivity contribution in [3.63, 3.8) is 0 Å². The molecule has 0 spiro atoms. The van der Waals surface area contributed by atoms with Gasteiger partial charge >= 0.3 is 5.97 Å². The van der Waals surface area contributed by atoms with Gasteiger partial charge < -0.3 is 10.4 Å². The van der Waals surface area contributed by atoms with Gasteiger partial charge in [-0.25, -0.2) is 4.79 Å². The summed E-state index contributed by atoms with van der Waals surface area (Å²) >= 11 is 7.27. The first kappa shape index (κ1) is 13.6. The van der Waals surface area contributed by atoms with Gasteiger partial charge in [-0.05, 0) is 40.6 Å². The molecule has 1 aromatic carbocycles. The van der Waals surface area contributed by atoms with Crippen molar-refractivity contribution in [2.45, 2.75) is 6.42 Å². The maximum Gasteiger partial charge on any atom is 0.337 e. The molecule has 0 saturated carbocycles. The largest absolute Gasteiger partial charge is 0.478 e. The van der Waals surface area contributed by atoms with Crippen molar-refractivity contribution in [1.29, 1.82) is 0 Å². The lowest BCUT2D eigenvalue weighted by Crippen LogP contribution is -2.14. The van der Waals surface area contributed by atoms with Crippen LogP contribution in [0.15, 0.2) is 35.0 Å². The van der Waals surface area contributed by atoms with Gasteiger partial charge in [0.25, 0.3) is 0 Å². The second-order valence-electron chi connectivity index (χ2n) is 3.86. The fraction of sp³-hybridized carbons (Fsp3) is 0.0769. The van der Waals surface area contributed by atoms with Crippen molar-refractivity contribution >= 4 is 40.5 Å². The average Bonchev–Trinajstić information content (AvgIpc) is 2.84. The SMILES string of the molecule is O=C(Cc1ccsc1)Nc1ccc(Cl)c(C(=O)O)c1. The van der Waals surface area contributed by atoms with Crippen LogP contribution in [0.4, 0.5) is 5.69 Å². The maximum absolute atomic E-state index is 11.8. The fourth-order valence-corrected chi connectivity index (χ4v) is 2.42. The van der Waals surface area contributed by atoms with E-state index in [1.165, 1.54) is 23.5 Å². The van der Waals surface area contributed by atoms with E-state index in [0.717, 1.165) is 5.56 Å². The Balaban J connectivity index is 2.09. The minimum Gasteiger partial charge on any atom is -0.478 e. The Morgan fingerprint density at radius 1 is 1.32 bits per heavy atom. The van der Waals surface area contributed by atoms with E-state index in [2.05, 4.69) is 5.32 Å². The number of carboxylic acids is 1. The van der Waals surface area contributed by atoms with Crippen LogP contribution in [0.5, 0.6) is 0 Å². The highest BCUT2D eigenvalue weighted by Gasteiger charge is 2.11. The number of carboxylic acid groups (broad SMARTS) is 1. The highest BCUT2D eigenvalue weighted by Crippen LogP contribution is 2.20. The summed E-state index contributed by atoms with van der Waals surface area (Å²) < 4.78 is 0. The highest BCUT2D eigenvalue weighted by atomic mass is 35.5. The maximum atomic E-state index is 11.8. The van der Waals surface area contributed by atoms with E-state index in [1.807, 2.05) is 16.8 Å². The molecule has 0 aliphatic heterocycles. The fourth-order valence-electron chi connectivity index (χ4n) is 1.55. The number of carbonyl (C=O) groups is 2. The molecule has 1 heterocycles. The number of amides is 1. The first-order chi connectivity index (χ1) is 9.06. The molecule has 0 atom stereocenters. The summed E-state index contributed by atoms with van der Waals surface area (Å²) in [7, 11) is 0. The topological polar surface area (TPSA) is 66.4 Å². The number of rotatable bonds is 4. The van der Waals surface area contributed by atoms with Crippen LogP contribution in [-0.2, 0) is 11.2 Å². The monoisotopic (exact) mass is 295 g/mol. The van der Waals surface area contributed by atoms with E-state index in [0.29, 0.717) is 5.69 Å². The average molecular weight is 296 g/mol. The van der Waals surface area contributed by atoms with Gasteiger partial charge in [0, 0.05) is 5.69 Å². The van der Waals surface area contributed by atoms with Crippen LogP contribution in [-0.4, -0.2) is 17.0 Å². The van der Waals surface area contributed by atoms with Crippen LogP contribution >= 0.6 is 22.9 Å². The molecule has 0 saturated heterocycles. The summed E-state index contributed by atoms with van der Waals surface area (Å²) in [6.45, 7) is 0. The summed E-state index contributed by atoms with van der Waals surface area (Å²) in [5, 5.41) is 15.5. The lowest BCUT2D eigenvalue weighted by atomic mass is 10.2. The van der Waals surface area contributed by atoms with Gasteiger partial charge in [0.2, 0.25) is 5.91 Å². The Labute approximate surface area is 118 Å². The molecule has 2 aromatic rings. The van der Waals surface area contributed by atoms with Crippen LogP contribution in [0.25, 0.3) is 0 Å². The van der Waals surface area contributed by atoms with Crippen molar-refractivity contribution in [2.75, 3.05) is 5.32 Å². The number of thiophene rings is 1. The van der Waals surface area contributed by atoms with E-state index in [1.54, 1.807) is 6.07 Å². The summed E-state index contributed by atoms with van der Waals surface area (Å²) in [6.07, 6.45) is 0.258. The highest BCUT2D eigenvalue weighted by molar-refractivity contribution is 7.08. The Kier molecular flexibility index (Phi) is 4.19. The van der Waals surface area contributed by atoms with Gasteiger partial charge in [0.1, 0.15) is 0 Å². The van der Waals surface area contributed by atoms with Crippen LogP contribution in [0.3, 0.4) is 0 Å². The molecule has 1 aromatic heterocycles. The Morgan fingerprint density at radius 2 is 2.11 bits per heavy atom. The van der Waals surface area contributed by atoms with E-state index in [4.69, 9.17) is 16.7 Å².